The number of para-hydroxylation sites is 1. The Labute approximate surface area is 171 Å². The first kappa shape index (κ1) is 22.5. The van der Waals surface area contributed by atoms with Crippen molar-refractivity contribution in [3.63, 3.8) is 0 Å². The maximum absolute atomic E-state index is 12.3. The lowest BCUT2D eigenvalue weighted by atomic mass is 9.99. The van der Waals surface area contributed by atoms with Crippen molar-refractivity contribution in [2.75, 3.05) is 20.3 Å². The highest BCUT2D eigenvalue weighted by Crippen LogP contribution is 2.21. The van der Waals surface area contributed by atoms with E-state index < -0.39 is 12.1 Å². The first-order valence-corrected chi connectivity index (χ1v) is 9.77. The number of hydrogen-bond donors (Lipinski definition) is 2. The molecule has 7 nitrogen and oxygen atoms in total. The van der Waals surface area contributed by atoms with E-state index in [9.17, 15) is 14.7 Å². The van der Waals surface area contributed by atoms with E-state index in [2.05, 4.69) is 0 Å². The van der Waals surface area contributed by atoms with E-state index in [-0.39, 0.29) is 25.0 Å². The van der Waals surface area contributed by atoms with E-state index in [0.29, 0.717) is 19.4 Å². The summed E-state index contributed by atoms with van der Waals surface area (Å²) in [7, 11) is 1.60. The highest BCUT2D eigenvalue weighted by atomic mass is 16.5. The molecule has 1 heterocycles. The minimum atomic E-state index is -0.915. The van der Waals surface area contributed by atoms with Gasteiger partial charge in [-0.05, 0) is 30.5 Å². The Morgan fingerprint density at radius 2 is 2.17 bits per heavy atom. The molecule has 2 N–H and O–H groups in total. The second-order valence-corrected chi connectivity index (χ2v) is 6.86. The molecule has 1 aliphatic rings. The standard InChI is InChI=1S/C22H29NO6/c1-28-20-8-3-2-6-17(20)16-19(24)11-10-18-7-4-9-21(25)23(18)13-5-14-29-15-12-22(26)27/h2-3,5-6,8,10-11,14,18-19,24H,4,7,9,12-13,15-16H2,1H3,(H,26,27)/b11-10+,14-5-/t18-,19?/m1/s1. The SMILES string of the molecule is COc1ccccc1CC(O)/C=C/[C@H]1CCCC(=O)N1C/C=C\OCCC(=O)O. The fourth-order valence-corrected chi connectivity index (χ4v) is 3.24. The minimum Gasteiger partial charge on any atom is -0.501 e. The number of carbonyl (C=O) groups is 2. The summed E-state index contributed by atoms with van der Waals surface area (Å²) in [6.45, 7) is 0.474. The summed E-state index contributed by atoms with van der Waals surface area (Å²) in [4.78, 5) is 24.5. The maximum atomic E-state index is 12.3. The van der Waals surface area contributed by atoms with E-state index in [0.717, 1.165) is 24.2 Å². The van der Waals surface area contributed by atoms with Crippen LogP contribution in [0, 0.1) is 0 Å². The number of ether oxygens (including phenoxy) is 2. The Bertz CT molecular complexity index is 730. The number of hydrogen-bond acceptors (Lipinski definition) is 5. The number of piperidine rings is 1. The zero-order valence-corrected chi connectivity index (χ0v) is 16.7. The highest BCUT2D eigenvalue weighted by molar-refractivity contribution is 5.77. The van der Waals surface area contributed by atoms with Crippen LogP contribution in [-0.2, 0) is 20.7 Å². The average molecular weight is 403 g/mol. The molecular formula is C22H29NO6. The number of aliphatic hydroxyl groups is 1. The fourth-order valence-electron chi connectivity index (χ4n) is 3.24. The van der Waals surface area contributed by atoms with Crippen LogP contribution in [0.1, 0.15) is 31.2 Å². The molecule has 2 rings (SSSR count). The van der Waals surface area contributed by atoms with Crippen LogP contribution in [0.5, 0.6) is 5.75 Å². The molecule has 1 fully saturated rings. The summed E-state index contributed by atoms with van der Waals surface area (Å²) in [5, 5.41) is 19.0. The van der Waals surface area contributed by atoms with Gasteiger partial charge in [-0.1, -0.05) is 30.4 Å². The number of carbonyl (C=O) groups excluding carboxylic acids is 1. The molecule has 1 unspecified atom stereocenters. The van der Waals surface area contributed by atoms with Crippen LogP contribution in [0.2, 0.25) is 0 Å². The largest absolute Gasteiger partial charge is 0.501 e. The first-order chi connectivity index (χ1) is 14.0. The van der Waals surface area contributed by atoms with E-state index >= 15 is 0 Å². The first-order valence-electron chi connectivity index (χ1n) is 9.77. The third-order valence-corrected chi connectivity index (χ3v) is 4.72. The lowest BCUT2D eigenvalue weighted by Gasteiger charge is -2.33. The monoisotopic (exact) mass is 403 g/mol. The van der Waals surface area contributed by atoms with Gasteiger partial charge in [-0.25, -0.2) is 0 Å². The number of nitrogens with zero attached hydrogens (tertiary/aromatic N) is 1. The lowest BCUT2D eigenvalue weighted by Crippen LogP contribution is -2.42. The smallest absolute Gasteiger partial charge is 0.306 e. The van der Waals surface area contributed by atoms with Crippen LogP contribution < -0.4 is 4.74 Å². The Kier molecular flexibility index (Phi) is 9.24. The molecule has 2 atom stereocenters. The second-order valence-electron chi connectivity index (χ2n) is 6.86. The van der Waals surface area contributed by atoms with Crippen LogP contribution in [-0.4, -0.2) is 59.4 Å². The summed E-state index contributed by atoms with van der Waals surface area (Å²) < 4.78 is 10.4. The van der Waals surface area contributed by atoms with Crippen molar-refractivity contribution >= 4 is 11.9 Å². The fraction of sp³-hybridized carbons (Fsp3) is 0.455. The van der Waals surface area contributed by atoms with Gasteiger partial charge in [-0.15, -0.1) is 0 Å². The van der Waals surface area contributed by atoms with Gasteiger partial charge in [-0.2, -0.15) is 0 Å². The number of amides is 1. The van der Waals surface area contributed by atoms with Crippen molar-refractivity contribution in [3.8, 4) is 5.75 Å². The molecule has 0 bridgehead atoms. The molecule has 29 heavy (non-hydrogen) atoms. The number of rotatable bonds is 11. The summed E-state index contributed by atoms with van der Waals surface area (Å²) in [6, 6.07) is 7.47. The molecule has 1 aliphatic heterocycles. The van der Waals surface area contributed by atoms with Gasteiger partial charge in [0.15, 0.2) is 0 Å². The summed E-state index contributed by atoms with van der Waals surface area (Å²) in [6.07, 6.45) is 8.58. The zero-order chi connectivity index (χ0) is 21.1. The number of aliphatic carboxylic acids is 1. The van der Waals surface area contributed by atoms with E-state index in [1.165, 1.54) is 6.26 Å². The number of carboxylic acid groups (broad SMARTS) is 1. The van der Waals surface area contributed by atoms with Crippen molar-refractivity contribution in [2.24, 2.45) is 0 Å². The lowest BCUT2D eigenvalue weighted by molar-refractivity contribution is -0.137. The molecular weight excluding hydrogens is 374 g/mol. The second kappa shape index (κ2) is 11.9. The molecule has 0 aliphatic carbocycles. The Morgan fingerprint density at radius 3 is 2.93 bits per heavy atom. The molecule has 1 amide bonds. The number of likely N-dealkylation sites (tertiary alicyclic amines) is 1. The van der Waals surface area contributed by atoms with Crippen molar-refractivity contribution in [3.05, 3.63) is 54.3 Å². The van der Waals surface area contributed by atoms with Gasteiger partial charge in [0.1, 0.15) is 5.75 Å². The van der Waals surface area contributed by atoms with E-state index in [1.54, 1.807) is 24.2 Å². The predicted octanol–water partition coefficient (Wildman–Crippen LogP) is 2.54. The molecule has 0 aromatic heterocycles. The quantitative estimate of drug-likeness (QED) is 0.335. The normalized spacial score (nSPS) is 18.3. The van der Waals surface area contributed by atoms with Gasteiger partial charge in [0.05, 0.1) is 38.5 Å². The van der Waals surface area contributed by atoms with Gasteiger partial charge in [0, 0.05) is 19.4 Å². The topological polar surface area (TPSA) is 96.3 Å². The van der Waals surface area contributed by atoms with Crippen molar-refractivity contribution in [1.29, 1.82) is 0 Å². The molecule has 0 spiro atoms. The molecule has 1 aromatic carbocycles. The number of carboxylic acids is 1. The van der Waals surface area contributed by atoms with Crippen LogP contribution in [0.15, 0.2) is 48.8 Å². The number of benzene rings is 1. The van der Waals surface area contributed by atoms with Crippen LogP contribution in [0.4, 0.5) is 0 Å². The average Bonchev–Trinajstić information content (AvgIpc) is 2.70. The van der Waals surface area contributed by atoms with Crippen LogP contribution in [0.3, 0.4) is 0 Å². The van der Waals surface area contributed by atoms with Gasteiger partial charge in [0.2, 0.25) is 5.91 Å². The summed E-state index contributed by atoms with van der Waals surface area (Å²) in [5.41, 5.74) is 0.921. The number of aliphatic hydroxyl groups excluding tert-OH is 1. The van der Waals surface area contributed by atoms with E-state index in [4.69, 9.17) is 14.6 Å². The van der Waals surface area contributed by atoms with Crippen molar-refractivity contribution < 1.29 is 29.3 Å². The molecule has 1 saturated heterocycles. The Balaban J connectivity index is 1.90. The molecule has 158 valence electrons. The minimum absolute atomic E-state index is 0.0558. The van der Waals surface area contributed by atoms with Gasteiger partial charge < -0.3 is 24.6 Å². The predicted molar refractivity (Wildman–Crippen MR) is 109 cm³/mol. The molecule has 1 aromatic rings. The molecule has 0 radical (unpaired) electrons. The Morgan fingerprint density at radius 1 is 1.38 bits per heavy atom. The van der Waals surface area contributed by atoms with Gasteiger partial charge in [-0.3, -0.25) is 9.59 Å². The molecule has 0 saturated carbocycles. The van der Waals surface area contributed by atoms with Crippen LogP contribution in [0.25, 0.3) is 0 Å². The van der Waals surface area contributed by atoms with Crippen molar-refractivity contribution in [1.82, 2.24) is 4.90 Å². The Hall–Kier alpha value is -2.80. The third kappa shape index (κ3) is 7.62. The zero-order valence-electron chi connectivity index (χ0n) is 16.7. The van der Waals surface area contributed by atoms with Crippen molar-refractivity contribution in [2.45, 2.75) is 44.2 Å². The summed E-state index contributed by atoms with van der Waals surface area (Å²) in [5.74, 6) is -0.121. The third-order valence-electron chi connectivity index (χ3n) is 4.72. The molecule has 7 heteroatoms. The maximum Gasteiger partial charge on any atom is 0.306 e. The van der Waals surface area contributed by atoms with Gasteiger partial charge in [0.25, 0.3) is 0 Å². The van der Waals surface area contributed by atoms with E-state index in [1.807, 2.05) is 30.3 Å². The number of methoxy groups -OCH3 is 1. The highest BCUT2D eigenvalue weighted by Gasteiger charge is 2.25. The summed E-state index contributed by atoms with van der Waals surface area (Å²) >= 11 is 0. The van der Waals surface area contributed by atoms with Gasteiger partial charge >= 0.3 is 5.97 Å². The van der Waals surface area contributed by atoms with Crippen LogP contribution >= 0.6 is 0 Å².